The van der Waals surface area contributed by atoms with Crippen LogP contribution in [-0.2, 0) is 4.79 Å². The van der Waals surface area contributed by atoms with Crippen molar-refractivity contribution >= 4 is 17.7 Å². The second-order valence-electron chi connectivity index (χ2n) is 3.06. The third-order valence-corrected chi connectivity index (χ3v) is 2.71. The van der Waals surface area contributed by atoms with Crippen LogP contribution < -0.4 is 0 Å². The van der Waals surface area contributed by atoms with Gasteiger partial charge in [-0.3, -0.25) is 15.0 Å². The third kappa shape index (κ3) is 2.22. The number of thioether (sulfide) groups is 1. The molecular formula is C8H9N5O2S. The highest BCUT2D eigenvalue weighted by molar-refractivity contribution is 7.99. The number of nitrogens with zero attached hydrogens (tertiary/aromatic N) is 3. The summed E-state index contributed by atoms with van der Waals surface area (Å²) in [7, 11) is 0. The highest BCUT2D eigenvalue weighted by Gasteiger charge is 2.10. The minimum atomic E-state index is -0.893. The second kappa shape index (κ2) is 4.35. The molecule has 0 aliphatic rings. The average molecular weight is 239 g/mol. The van der Waals surface area contributed by atoms with Gasteiger partial charge >= 0.3 is 5.97 Å². The van der Waals surface area contributed by atoms with E-state index in [0.29, 0.717) is 11.0 Å². The highest BCUT2D eigenvalue weighted by atomic mass is 32.2. The fourth-order valence-corrected chi connectivity index (χ4v) is 1.67. The molecule has 0 aromatic carbocycles. The van der Waals surface area contributed by atoms with E-state index in [0.717, 1.165) is 23.0 Å². The van der Waals surface area contributed by atoms with Crippen molar-refractivity contribution in [3.05, 3.63) is 11.9 Å². The maximum absolute atomic E-state index is 10.4. The van der Waals surface area contributed by atoms with Crippen LogP contribution in [0.4, 0.5) is 0 Å². The number of aryl methyl sites for hydroxylation is 1. The molecule has 0 aliphatic carbocycles. The van der Waals surface area contributed by atoms with Gasteiger partial charge in [0.15, 0.2) is 5.82 Å². The molecule has 0 saturated heterocycles. The van der Waals surface area contributed by atoms with Gasteiger partial charge in [-0.25, -0.2) is 4.98 Å². The number of hydrogen-bond donors (Lipinski definition) is 3. The summed E-state index contributed by atoms with van der Waals surface area (Å²) in [4.78, 5) is 14.5. The summed E-state index contributed by atoms with van der Waals surface area (Å²) in [5.41, 5.74) is 1.71. The van der Waals surface area contributed by atoms with Crippen molar-refractivity contribution in [1.29, 1.82) is 0 Å². The lowest BCUT2D eigenvalue weighted by molar-refractivity contribution is -0.133. The fourth-order valence-electron chi connectivity index (χ4n) is 1.15. The SMILES string of the molecule is Cc1[nH]ncc1-c1nc(SCC(=O)O)n[nH]1. The van der Waals surface area contributed by atoms with E-state index in [1.54, 1.807) is 6.20 Å². The van der Waals surface area contributed by atoms with Crippen molar-refractivity contribution in [2.45, 2.75) is 12.1 Å². The predicted molar refractivity (Wildman–Crippen MR) is 57.1 cm³/mol. The first-order valence-corrected chi connectivity index (χ1v) is 5.42. The molecule has 2 aromatic heterocycles. The van der Waals surface area contributed by atoms with Gasteiger partial charge in [0, 0.05) is 5.69 Å². The Bertz CT molecular complexity index is 506. The first kappa shape index (κ1) is 10.7. The average Bonchev–Trinajstić information content (AvgIpc) is 2.83. The number of H-pyrrole nitrogens is 2. The van der Waals surface area contributed by atoms with E-state index in [4.69, 9.17) is 5.11 Å². The van der Waals surface area contributed by atoms with Crippen molar-refractivity contribution in [1.82, 2.24) is 25.4 Å². The molecule has 2 heterocycles. The van der Waals surface area contributed by atoms with Crippen LogP contribution in [0.25, 0.3) is 11.4 Å². The van der Waals surface area contributed by atoms with Crippen molar-refractivity contribution in [2.24, 2.45) is 0 Å². The van der Waals surface area contributed by atoms with Gasteiger partial charge in [-0.1, -0.05) is 11.8 Å². The number of rotatable bonds is 4. The van der Waals surface area contributed by atoms with Crippen molar-refractivity contribution in [2.75, 3.05) is 5.75 Å². The van der Waals surface area contributed by atoms with E-state index in [1.807, 2.05) is 6.92 Å². The highest BCUT2D eigenvalue weighted by Crippen LogP contribution is 2.20. The van der Waals surface area contributed by atoms with E-state index in [9.17, 15) is 4.79 Å². The maximum Gasteiger partial charge on any atom is 0.313 e. The largest absolute Gasteiger partial charge is 0.481 e. The number of aromatic nitrogens is 5. The standard InChI is InChI=1S/C8H9N5O2S/c1-4-5(2-9-11-4)7-10-8(13-12-7)16-3-6(14)15/h2H,3H2,1H3,(H,9,11)(H,14,15)(H,10,12,13). The molecular weight excluding hydrogens is 230 g/mol. The summed E-state index contributed by atoms with van der Waals surface area (Å²) < 4.78 is 0. The lowest BCUT2D eigenvalue weighted by Crippen LogP contribution is -1.97. The molecule has 0 radical (unpaired) electrons. The van der Waals surface area contributed by atoms with E-state index in [2.05, 4.69) is 25.4 Å². The van der Waals surface area contributed by atoms with Gasteiger partial charge in [-0.15, -0.1) is 5.10 Å². The zero-order valence-electron chi connectivity index (χ0n) is 8.39. The van der Waals surface area contributed by atoms with E-state index < -0.39 is 5.97 Å². The van der Waals surface area contributed by atoms with E-state index in [-0.39, 0.29) is 5.75 Å². The lowest BCUT2D eigenvalue weighted by atomic mass is 10.2. The molecule has 84 valence electrons. The molecule has 8 heteroatoms. The number of aromatic amines is 2. The van der Waals surface area contributed by atoms with Gasteiger partial charge in [0.25, 0.3) is 0 Å². The zero-order valence-corrected chi connectivity index (χ0v) is 9.21. The van der Waals surface area contributed by atoms with Crippen molar-refractivity contribution in [3.63, 3.8) is 0 Å². The number of carboxylic acid groups (broad SMARTS) is 1. The quantitative estimate of drug-likeness (QED) is 0.677. The summed E-state index contributed by atoms with van der Waals surface area (Å²) in [6.45, 7) is 1.87. The molecule has 16 heavy (non-hydrogen) atoms. The van der Waals surface area contributed by atoms with Gasteiger partial charge in [-0.05, 0) is 6.92 Å². The number of carboxylic acids is 1. The Labute approximate surface area is 94.7 Å². The van der Waals surface area contributed by atoms with Crippen LogP contribution in [0.2, 0.25) is 0 Å². The Balaban J connectivity index is 2.14. The van der Waals surface area contributed by atoms with E-state index >= 15 is 0 Å². The molecule has 3 N–H and O–H groups in total. The zero-order chi connectivity index (χ0) is 11.5. The molecule has 2 aromatic rings. The van der Waals surface area contributed by atoms with E-state index in [1.165, 1.54) is 0 Å². The molecule has 7 nitrogen and oxygen atoms in total. The number of aliphatic carboxylic acids is 1. The molecule has 0 fully saturated rings. The molecule has 0 bridgehead atoms. The van der Waals surface area contributed by atoms with Crippen LogP contribution in [0.15, 0.2) is 11.4 Å². The van der Waals surface area contributed by atoms with Crippen LogP contribution in [0.1, 0.15) is 5.69 Å². The van der Waals surface area contributed by atoms with Crippen LogP contribution >= 0.6 is 11.8 Å². The summed E-state index contributed by atoms with van der Waals surface area (Å²) in [5.74, 6) is -0.364. The topological polar surface area (TPSA) is 108 Å². The Hall–Kier alpha value is -1.83. The van der Waals surface area contributed by atoms with Crippen molar-refractivity contribution < 1.29 is 9.90 Å². The van der Waals surface area contributed by atoms with Crippen LogP contribution in [0.5, 0.6) is 0 Å². The van der Waals surface area contributed by atoms with Gasteiger partial charge in [0.05, 0.1) is 17.5 Å². The molecule has 0 unspecified atom stereocenters. The minimum absolute atomic E-state index is 0.0539. The first-order valence-electron chi connectivity index (χ1n) is 4.44. The normalized spacial score (nSPS) is 10.6. The molecule has 0 amide bonds. The Morgan fingerprint density at radius 3 is 3.00 bits per heavy atom. The summed E-state index contributed by atoms with van der Waals surface area (Å²) >= 11 is 1.07. The Morgan fingerprint density at radius 2 is 2.38 bits per heavy atom. The maximum atomic E-state index is 10.4. The Kier molecular flexibility index (Phi) is 2.91. The fraction of sp³-hybridized carbons (Fsp3) is 0.250. The summed E-state index contributed by atoms with van der Waals surface area (Å²) in [6, 6.07) is 0. The summed E-state index contributed by atoms with van der Waals surface area (Å²) in [6.07, 6.45) is 1.64. The molecule has 0 atom stereocenters. The lowest BCUT2D eigenvalue weighted by Gasteiger charge is -1.90. The molecule has 2 rings (SSSR count). The van der Waals surface area contributed by atoms with Crippen LogP contribution in [-0.4, -0.2) is 42.2 Å². The van der Waals surface area contributed by atoms with Crippen molar-refractivity contribution in [3.8, 4) is 11.4 Å². The second-order valence-corrected chi connectivity index (χ2v) is 4.00. The third-order valence-electron chi connectivity index (χ3n) is 1.87. The monoisotopic (exact) mass is 239 g/mol. The van der Waals surface area contributed by atoms with Crippen LogP contribution in [0.3, 0.4) is 0 Å². The predicted octanol–water partition coefficient (Wildman–Crippen LogP) is 0.680. The molecule has 0 spiro atoms. The van der Waals surface area contributed by atoms with Gasteiger partial charge in [0.2, 0.25) is 5.16 Å². The molecule has 0 saturated carbocycles. The molecule has 0 aliphatic heterocycles. The van der Waals surface area contributed by atoms with Gasteiger partial charge < -0.3 is 5.11 Å². The van der Waals surface area contributed by atoms with Gasteiger partial charge in [0.1, 0.15) is 0 Å². The minimum Gasteiger partial charge on any atom is -0.481 e. The number of carbonyl (C=O) groups is 1. The smallest absolute Gasteiger partial charge is 0.313 e. The Morgan fingerprint density at radius 1 is 1.56 bits per heavy atom. The summed E-state index contributed by atoms with van der Waals surface area (Å²) in [5, 5.41) is 22.2. The number of nitrogens with one attached hydrogen (secondary N) is 2. The first-order chi connectivity index (χ1) is 7.66. The number of hydrogen-bond acceptors (Lipinski definition) is 5. The van der Waals surface area contributed by atoms with Gasteiger partial charge in [-0.2, -0.15) is 5.10 Å². The van der Waals surface area contributed by atoms with Crippen LogP contribution in [0, 0.1) is 6.92 Å².